The second-order valence-electron chi connectivity index (χ2n) is 7.07. The van der Waals surface area contributed by atoms with E-state index in [-0.39, 0.29) is 12.3 Å². The van der Waals surface area contributed by atoms with Gasteiger partial charge in [-0.15, -0.1) is 0 Å². The average molecular weight is 411 g/mol. The minimum atomic E-state index is -0.0823. The van der Waals surface area contributed by atoms with E-state index in [0.29, 0.717) is 29.2 Å². The lowest BCUT2D eigenvalue weighted by Crippen LogP contribution is -2.32. The van der Waals surface area contributed by atoms with Crippen LogP contribution < -0.4 is 15.1 Å². The van der Waals surface area contributed by atoms with Crippen LogP contribution in [0.15, 0.2) is 42.5 Å². The van der Waals surface area contributed by atoms with Crippen molar-refractivity contribution in [1.29, 1.82) is 5.41 Å². The highest BCUT2D eigenvalue weighted by Gasteiger charge is 2.16. The van der Waals surface area contributed by atoms with Gasteiger partial charge < -0.3 is 23.5 Å². The largest absolute Gasteiger partial charge is 0.493 e. The van der Waals surface area contributed by atoms with E-state index in [1.54, 1.807) is 37.0 Å². The fraction of sp³-hybridized carbons (Fsp3) is 0.391. The molecule has 3 aromatic rings. The van der Waals surface area contributed by atoms with Crippen molar-refractivity contribution in [2.45, 2.75) is 26.9 Å². The molecule has 0 atom stereocenters. The van der Waals surface area contributed by atoms with E-state index in [0.717, 1.165) is 30.7 Å². The second-order valence-corrected chi connectivity index (χ2v) is 7.07. The van der Waals surface area contributed by atoms with Gasteiger partial charge in [-0.1, -0.05) is 26.0 Å². The van der Waals surface area contributed by atoms with Gasteiger partial charge in [-0.05, 0) is 43.4 Å². The van der Waals surface area contributed by atoms with Crippen LogP contribution in [0.5, 0.6) is 11.5 Å². The van der Waals surface area contributed by atoms with Crippen LogP contribution in [0.3, 0.4) is 0 Å². The van der Waals surface area contributed by atoms with Crippen LogP contribution >= 0.6 is 0 Å². The average Bonchev–Trinajstić information content (AvgIpc) is 3.05. The molecule has 0 radical (unpaired) electrons. The highest BCUT2D eigenvalue weighted by Crippen LogP contribution is 2.28. The van der Waals surface area contributed by atoms with Crippen LogP contribution in [-0.2, 0) is 13.1 Å². The molecule has 7 nitrogen and oxygen atoms in total. The molecule has 1 N–H and O–H groups in total. The van der Waals surface area contributed by atoms with Gasteiger partial charge in [-0.25, -0.2) is 0 Å². The molecule has 0 unspecified atom stereocenters. The highest BCUT2D eigenvalue weighted by molar-refractivity contribution is 5.97. The molecule has 0 aliphatic rings. The normalized spacial score (nSPS) is 11.2. The summed E-state index contributed by atoms with van der Waals surface area (Å²) in [4.78, 5) is 15.4. The number of rotatable bonds is 10. The van der Waals surface area contributed by atoms with Crippen LogP contribution in [0, 0.1) is 5.41 Å². The van der Waals surface area contributed by atoms with Crippen molar-refractivity contribution >= 4 is 16.8 Å². The zero-order chi connectivity index (χ0) is 21.7. The maximum Gasteiger partial charge on any atom is 0.203 e. The Balaban J connectivity index is 1.94. The van der Waals surface area contributed by atoms with Gasteiger partial charge in [0.2, 0.25) is 5.62 Å². The molecule has 0 aliphatic heterocycles. The SMILES string of the molecule is CCN(CC)CCn1c(=N)n(CC(=O)c2ccc(OC)c(OC)c2)c2ccccc21. The molecule has 7 heteroatoms. The van der Waals surface area contributed by atoms with Crippen LogP contribution in [0.25, 0.3) is 11.0 Å². The molecule has 1 aromatic heterocycles. The molecular weight excluding hydrogens is 380 g/mol. The van der Waals surface area contributed by atoms with Gasteiger partial charge in [-0.2, -0.15) is 0 Å². The lowest BCUT2D eigenvalue weighted by Gasteiger charge is -2.18. The fourth-order valence-corrected chi connectivity index (χ4v) is 3.71. The molecular formula is C23H30N4O3. The first-order chi connectivity index (χ1) is 14.5. The summed E-state index contributed by atoms with van der Waals surface area (Å²) in [6.07, 6.45) is 0. The van der Waals surface area contributed by atoms with E-state index in [4.69, 9.17) is 14.9 Å². The summed E-state index contributed by atoms with van der Waals surface area (Å²) in [7, 11) is 3.11. The third-order valence-corrected chi connectivity index (χ3v) is 5.52. The Morgan fingerprint density at radius 2 is 1.60 bits per heavy atom. The van der Waals surface area contributed by atoms with Gasteiger partial charge in [-0.3, -0.25) is 10.2 Å². The Kier molecular flexibility index (Phi) is 6.95. The second kappa shape index (κ2) is 9.63. The van der Waals surface area contributed by atoms with Crippen molar-refractivity contribution in [2.24, 2.45) is 0 Å². The fourth-order valence-electron chi connectivity index (χ4n) is 3.71. The van der Waals surface area contributed by atoms with Crippen molar-refractivity contribution in [3.05, 3.63) is 53.6 Å². The Bertz CT molecular complexity index is 1080. The third kappa shape index (κ3) is 4.26. The summed E-state index contributed by atoms with van der Waals surface area (Å²) in [5.74, 6) is 1.01. The highest BCUT2D eigenvalue weighted by atomic mass is 16.5. The van der Waals surface area contributed by atoms with Gasteiger partial charge in [0.15, 0.2) is 17.3 Å². The van der Waals surface area contributed by atoms with E-state index in [1.165, 1.54) is 0 Å². The quantitative estimate of drug-likeness (QED) is 0.521. The number of imidazole rings is 1. The summed E-state index contributed by atoms with van der Waals surface area (Å²) in [6.45, 7) is 7.89. The molecule has 0 bridgehead atoms. The van der Waals surface area contributed by atoms with Crippen molar-refractivity contribution in [2.75, 3.05) is 33.9 Å². The van der Waals surface area contributed by atoms with E-state index in [1.807, 2.05) is 28.8 Å². The molecule has 0 amide bonds. The zero-order valence-electron chi connectivity index (χ0n) is 18.1. The number of hydrogen-bond donors (Lipinski definition) is 1. The zero-order valence-corrected chi connectivity index (χ0v) is 18.1. The summed E-state index contributed by atoms with van der Waals surface area (Å²) in [5.41, 5.74) is 2.71. The summed E-state index contributed by atoms with van der Waals surface area (Å²) in [5, 5.41) is 8.74. The molecule has 160 valence electrons. The predicted octanol–water partition coefficient (Wildman–Crippen LogP) is 3.16. The smallest absolute Gasteiger partial charge is 0.203 e. The Morgan fingerprint density at radius 1 is 0.967 bits per heavy atom. The molecule has 3 rings (SSSR count). The van der Waals surface area contributed by atoms with Crippen LogP contribution in [0.4, 0.5) is 0 Å². The van der Waals surface area contributed by atoms with Crippen molar-refractivity contribution in [3.8, 4) is 11.5 Å². The molecule has 1 heterocycles. The number of ether oxygens (including phenoxy) is 2. The number of carbonyl (C=O) groups excluding carboxylic acids is 1. The number of likely N-dealkylation sites (N-methyl/N-ethyl adjacent to an activating group) is 1. The number of methoxy groups -OCH3 is 2. The van der Waals surface area contributed by atoms with Gasteiger partial charge >= 0.3 is 0 Å². The van der Waals surface area contributed by atoms with Gasteiger partial charge in [0.25, 0.3) is 0 Å². The van der Waals surface area contributed by atoms with Crippen molar-refractivity contribution in [3.63, 3.8) is 0 Å². The van der Waals surface area contributed by atoms with Crippen LogP contribution in [0.2, 0.25) is 0 Å². The van der Waals surface area contributed by atoms with Crippen molar-refractivity contribution < 1.29 is 14.3 Å². The topological polar surface area (TPSA) is 72.5 Å². The molecule has 0 saturated heterocycles. The number of ketones is 1. The van der Waals surface area contributed by atoms with E-state index in [9.17, 15) is 4.79 Å². The van der Waals surface area contributed by atoms with Crippen LogP contribution in [0.1, 0.15) is 24.2 Å². The lowest BCUT2D eigenvalue weighted by atomic mass is 10.1. The molecule has 0 saturated carbocycles. The predicted molar refractivity (Wildman–Crippen MR) is 117 cm³/mol. The number of Topliss-reactive ketones (excluding diaryl/α,β-unsaturated/α-hetero) is 1. The number of hydrogen-bond acceptors (Lipinski definition) is 5. The van der Waals surface area contributed by atoms with E-state index < -0.39 is 0 Å². The lowest BCUT2D eigenvalue weighted by molar-refractivity contribution is 0.0971. The summed E-state index contributed by atoms with van der Waals surface area (Å²) < 4.78 is 14.3. The van der Waals surface area contributed by atoms with Gasteiger partial charge in [0, 0.05) is 18.7 Å². The first-order valence-electron chi connectivity index (χ1n) is 10.2. The molecule has 2 aromatic carbocycles. The number of benzene rings is 2. The van der Waals surface area contributed by atoms with E-state index >= 15 is 0 Å². The standard InChI is InChI=1S/C23H30N4O3/c1-5-25(6-2)13-14-26-18-9-7-8-10-19(18)27(23(26)24)16-20(28)17-11-12-21(29-3)22(15-17)30-4/h7-12,15,24H,5-6,13-14,16H2,1-4H3. The number of nitrogens with one attached hydrogen (secondary N) is 1. The van der Waals surface area contributed by atoms with E-state index in [2.05, 4.69) is 18.7 Å². The summed E-state index contributed by atoms with van der Waals surface area (Å²) in [6, 6.07) is 13.0. The van der Waals surface area contributed by atoms with Gasteiger partial charge in [0.05, 0.1) is 31.8 Å². The maximum absolute atomic E-state index is 13.0. The minimum absolute atomic E-state index is 0.0823. The Morgan fingerprint density at radius 3 is 2.20 bits per heavy atom. The monoisotopic (exact) mass is 410 g/mol. The maximum atomic E-state index is 13.0. The molecule has 0 aliphatic carbocycles. The van der Waals surface area contributed by atoms with Crippen LogP contribution in [-0.4, -0.2) is 53.7 Å². The Labute approximate surface area is 177 Å². The number of fused-ring (bicyclic) bond motifs is 1. The number of nitrogens with zero attached hydrogens (tertiary/aromatic N) is 3. The number of carbonyl (C=O) groups is 1. The molecule has 0 spiro atoms. The Hall–Kier alpha value is -3.06. The number of para-hydroxylation sites is 2. The first-order valence-corrected chi connectivity index (χ1v) is 10.2. The molecule has 0 fully saturated rings. The number of aromatic nitrogens is 2. The third-order valence-electron chi connectivity index (χ3n) is 5.52. The first kappa shape index (κ1) is 21.6. The van der Waals surface area contributed by atoms with Gasteiger partial charge in [0.1, 0.15) is 0 Å². The minimum Gasteiger partial charge on any atom is -0.493 e. The van der Waals surface area contributed by atoms with Crippen molar-refractivity contribution in [1.82, 2.24) is 14.0 Å². The summed E-state index contributed by atoms with van der Waals surface area (Å²) >= 11 is 0. The molecule has 30 heavy (non-hydrogen) atoms.